The fraction of sp³-hybridized carbons (Fsp3) is 0.381. The van der Waals surface area contributed by atoms with Gasteiger partial charge in [0.1, 0.15) is 5.76 Å². The number of rotatable bonds is 6. The molecule has 1 fully saturated rings. The topological polar surface area (TPSA) is 76.2 Å². The van der Waals surface area contributed by atoms with Crippen LogP contribution in [-0.4, -0.2) is 45.4 Å². The second kappa shape index (κ2) is 8.39. The molecule has 1 N–H and O–H groups in total. The van der Waals surface area contributed by atoms with E-state index < -0.39 is 0 Å². The van der Waals surface area contributed by atoms with E-state index in [4.69, 9.17) is 4.42 Å². The van der Waals surface area contributed by atoms with Crippen molar-refractivity contribution in [2.24, 2.45) is 0 Å². The summed E-state index contributed by atoms with van der Waals surface area (Å²) in [4.78, 5) is 15.0. The van der Waals surface area contributed by atoms with Gasteiger partial charge in [-0.3, -0.25) is 9.69 Å². The third-order valence-electron chi connectivity index (χ3n) is 5.18. The van der Waals surface area contributed by atoms with Crippen LogP contribution in [0.15, 0.2) is 53.3 Å². The smallest absolute Gasteiger partial charge is 0.273 e. The minimum Gasteiger partial charge on any atom is -0.468 e. The first-order chi connectivity index (χ1) is 13.7. The molecule has 0 aliphatic carbocycles. The number of aryl methyl sites for hydroxylation is 1. The molecule has 1 aliphatic rings. The van der Waals surface area contributed by atoms with Crippen molar-refractivity contribution < 1.29 is 9.21 Å². The number of carbonyl (C=O) groups is 1. The van der Waals surface area contributed by atoms with Crippen molar-refractivity contribution in [1.82, 2.24) is 25.2 Å². The first-order valence-corrected chi connectivity index (χ1v) is 9.76. The molecule has 7 heteroatoms. The lowest BCUT2D eigenvalue weighted by atomic mass is 10.1. The average molecular weight is 379 g/mol. The van der Waals surface area contributed by atoms with Crippen LogP contribution < -0.4 is 5.32 Å². The van der Waals surface area contributed by atoms with Gasteiger partial charge < -0.3 is 9.73 Å². The van der Waals surface area contributed by atoms with Gasteiger partial charge in [0.25, 0.3) is 5.91 Å². The quantitative estimate of drug-likeness (QED) is 0.712. The van der Waals surface area contributed by atoms with Crippen LogP contribution >= 0.6 is 0 Å². The highest BCUT2D eigenvalue weighted by Gasteiger charge is 2.25. The highest BCUT2D eigenvalue weighted by atomic mass is 16.3. The lowest BCUT2D eigenvalue weighted by Gasteiger charge is -2.33. The van der Waals surface area contributed by atoms with Crippen molar-refractivity contribution in [3.63, 3.8) is 0 Å². The first-order valence-electron chi connectivity index (χ1n) is 9.76. The molecule has 4 rings (SSSR count). The minimum absolute atomic E-state index is 0.0337. The van der Waals surface area contributed by atoms with Crippen LogP contribution in [-0.2, 0) is 0 Å². The van der Waals surface area contributed by atoms with Gasteiger partial charge >= 0.3 is 0 Å². The van der Waals surface area contributed by atoms with Gasteiger partial charge in [0.2, 0.25) is 0 Å². The Hall–Kier alpha value is -2.93. The predicted molar refractivity (Wildman–Crippen MR) is 105 cm³/mol. The van der Waals surface area contributed by atoms with Crippen molar-refractivity contribution >= 4 is 5.91 Å². The van der Waals surface area contributed by atoms with E-state index in [0.717, 1.165) is 24.5 Å². The van der Waals surface area contributed by atoms with E-state index in [1.807, 2.05) is 43.3 Å². The largest absolute Gasteiger partial charge is 0.468 e. The summed E-state index contributed by atoms with van der Waals surface area (Å²) in [5, 5.41) is 11.1. The lowest BCUT2D eigenvalue weighted by Crippen LogP contribution is -2.40. The second-order valence-corrected chi connectivity index (χ2v) is 7.22. The molecule has 0 saturated carbocycles. The molecule has 3 heterocycles. The number of likely N-dealkylation sites (tertiary alicyclic amines) is 1. The van der Waals surface area contributed by atoms with Crippen molar-refractivity contribution in [3.8, 4) is 5.69 Å². The summed E-state index contributed by atoms with van der Waals surface area (Å²) in [6, 6.07) is 11.8. The molecular formula is C21H25N5O2. The molecule has 1 saturated heterocycles. The number of hydrogen-bond donors (Lipinski definition) is 1. The maximum Gasteiger partial charge on any atom is 0.273 e. The van der Waals surface area contributed by atoms with E-state index in [2.05, 4.69) is 20.5 Å². The molecular weight excluding hydrogens is 354 g/mol. The zero-order valence-corrected chi connectivity index (χ0v) is 16.0. The number of amides is 1. The van der Waals surface area contributed by atoms with Gasteiger partial charge in [0.15, 0.2) is 5.69 Å². The van der Waals surface area contributed by atoms with Gasteiger partial charge in [0, 0.05) is 6.54 Å². The predicted octanol–water partition coefficient (Wildman–Crippen LogP) is 3.13. The first kappa shape index (κ1) is 18.4. The van der Waals surface area contributed by atoms with Crippen LogP contribution in [0.5, 0.6) is 0 Å². The number of furan rings is 1. The summed E-state index contributed by atoms with van der Waals surface area (Å²) >= 11 is 0. The Bertz CT molecular complexity index is 895. The third kappa shape index (κ3) is 4.14. The molecule has 2 aromatic heterocycles. The maximum atomic E-state index is 12.6. The monoisotopic (exact) mass is 379 g/mol. The Morgan fingerprint density at radius 3 is 2.68 bits per heavy atom. The SMILES string of the molecule is Cc1ccc(-n2cc(C(=O)NCC(c3ccco3)N3CCCCC3)nn2)cc1. The number of nitrogens with zero attached hydrogens (tertiary/aromatic N) is 4. The minimum atomic E-state index is -0.230. The van der Waals surface area contributed by atoms with Crippen LogP contribution in [0.4, 0.5) is 0 Å². The van der Waals surface area contributed by atoms with Crippen LogP contribution in [0.1, 0.15) is 47.1 Å². The number of nitrogens with one attached hydrogen (secondary N) is 1. The lowest BCUT2D eigenvalue weighted by molar-refractivity contribution is 0.0909. The summed E-state index contributed by atoms with van der Waals surface area (Å²) in [7, 11) is 0. The Morgan fingerprint density at radius 1 is 1.18 bits per heavy atom. The summed E-state index contributed by atoms with van der Waals surface area (Å²) < 4.78 is 7.25. The number of piperidine rings is 1. The highest BCUT2D eigenvalue weighted by Crippen LogP contribution is 2.24. The van der Waals surface area contributed by atoms with Gasteiger partial charge in [-0.25, -0.2) is 4.68 Å². The third-order valence-corrected chi connectivity index (χ3v) is 5.18. The van der Waals surface area contributed by atoms with E-state index in [1.54, 1.807) is 17.1 Å². The van der Waals surface area contributed by atoms with Crippen LogP contribution in [0, 0.1) is 6.92 Å². The van der Waals surface area contributed by atoms with Gasteiger partial charge in [-0.2, -0.15) is 0 Å². The van der Waals surface area contributed by atoms with E-state index in [1.165, 1.54) is 24.8 Å². The molecule has 1 aliphatic heterocycles. The molecule has 3 aromatic rings. The fourth-order valence-corrected chi connectivity index (χ4v) is 3.59. The Kier molecular flexibility index (Phi) is 5.53. The fourth-order valence-electron chi connectivity index (χ4n) is 3.59. The van der Waals surface area contributed by atoms with Crippen molar-refractivity contribution in [1.29, 1.82) is 0 Å². The summed E-state index contributed by atoms with van der Waals surface area (Å²) in [5.74, 6) is 0.650. The highest BCUT2D eigenvalue weighted by molar-refractivity contribution is 5.91. The molecule has 0 spiro atoms. The second-order valence-electron chi connectivity index (χ2n) is 7.22. The number of hydrogen-bond acceptors (Lipinski definition) is 5. The van der Waals surface area contributed by atoms with Crippen molar-refractivity contribution in [2.75, 3.05) is 19.6 Å². The van der Waals surface area contributed by atoms with Crippen molar-refractivity contribution in [2.45, 2.75) is 32.2 Å². The molecule has 28 heavy (non-hydrogen) atoms. The van der Waals surface area contributed by atoms with Crippen LogP contribution in [0.3, 0.4) is 0 Å². The average Bonchev–Trinajstić information content (AvgIpc) is 3.42. The van der Waals surface area contributed by atoms with Crippen molar-refractivity contribution in [3.05, 3.63) is 65.9 Å². The molecule has 0 bridgehead atoms. The van der Waals surface area contributed by atoms with Crippen LogP contribution in [0.2, 0.25) is 0 Å². The molecule has 1 amide bonds. The van der Waals surface area contributed by atoms with Gasteiger partial charge in [-0.05, 0) is 57.1 Å². The Balaban J connectivity index is 1.43. The van der Waals surface area contributed by atoms with E-state index in [9.17, 15) is 4.79 Å². The summed E-state index contributed by atoms with van der Waals surface area (Å²) in [6.07, 6.45) is 6.95. The molecule has 146 valence electrons. The normalized spacial score (nSPS) is 16.0. The molecule has 1 aromatic carbocycles. The number of benzene rings is 1. The maximum absolute atomic E-state index is 12.6. The number of aromatic nitrogens is 3. The zero-order valence-electron chi connectivity index (χ0n) is 16.0. The Morgan fingerprint density at radius 2 is 1.96 bits per heavy atom. The molecule has 1 atom stereocenters. The standard InChI is InChI=1S/C21H25N5O2/c1-16-7-9-17(10-8-16)26-15-18(23-24-26)21(27)22-14-19(20-6-5-13-28-20)25-11-3-2-4-12-25/h5-10,13,15,19H,2-4,11-12,14H2,1H3,(H,22,27). The zero-order chi connectivity index (χ0) is 19.3. The van der Waals surface area contributed by atoms with E-state index in [-0.39, 0.29) is 11.9 Å². The summed E-state index contributed by atoms with van der Waals surface area (Å²) in [6.45, 7) is 4.54. The van der Waals surface area contributed by atoms with Gasteiger partial charge in [-0.15, -0.1) is 5.10 Å². The number of carbonyl (C=O) groups excluding carboxylic acids is 1. The van der Waals surface area contributed by atoms with E-state index >= 15 is 0 Å². The molecule has 7 nitrogen and oxygen atoms in total. The van der Waals surface area contributed by atoms with E-state index in [0.29, 0.717) is 12.2 Å². The van der Waals surface area contributed by atoms with Gasteiger partial charge in [0.05, 0.1) is 24.2 Å². The van der Waals surface area contributed by atoms with Gasteiger partial charge in [-0.1, -0.05) is 29.3 Å². The Labute approximate surface area is 164 Å². The summed E-state index contributed by atoms with van der Waals surface area (Å²) in [5.41, 5.74) is 2.35. The molecule has 1 unspecified atom stereocenters. The van der Waals surface area contributed by atoms with Crippen LogP contribution in [0.25, 0.3) is 5.69 Å². The molecule has 0 radical (unpaired) electrons.